The Labute approximate surface area is 93.4 Å². The van der Waals surface area contributed by atoms with Gasteiger partial charge in [0.2, 0.25) is 5.91 Å². The zero-order chi connectivity index (χ0) is 12.4. The number of carboxylic acid groups (broad SMARTS) is 1. The van der Waals surface area contributed by atoms with E-state index in [1.165, 1.54) is 0 Å². The molecule has 0 rings (SSSR count). The van der Waals surface area contributed by atoms with Crippen molar-refractivity contribution in [2.24, 2.45) is 0 Å². The van der Waals surface area contributed by atoms with Crippen LogP contribution in [0.5, 0.6) is 0 Å². The Morgan fingerprint density at radius 3 is 2.50 bits per heavy atom. The van der Waals surface area contributed by atoms with Gasteiger partial charge in [0.1, 0.15) is 0 Å². The Hall–Kier alpha value is -2.03. The molecule has 0 atom stereocenters. The second-order valence-electron chi connectivity index (χ2n) is 3.01. The largest absolute Gasteiger partial charge is 0.481 e. The highest BCUT2D eigenvalue weighted by molar-refractivity contribution is 5.95. The van der Waals surface area contributed by atoms with E-state index in [-0.39, 0.29) is 12.8 Å². The summed E-state index contributed by atoms with van der Waals surface area (Å²) in [6.07, 6.45) is 5.68. The molecular formula is C10H14N2O4. The molecule has 0 fully saturated rings. The minimum Gasteiger partial charge on any atom is -0.481 e. The summed E-state index contributed by atoms with van der Waals surface area (Å²) in [5.41, 5.74) is 0. The van der Waals surface area contributed by atoms with Crippen LogP contribution in [0.3, 0.4) is 0 Å². The summed E-state index contributed by atoms with van der Waals surface area (Å²) < 4.78 is 0. The molecule has 0 aliphatic heterocycles. The third-order valence-electron chi connectivity index (χ3n) is 1.60. The number of terminal acetylenes is 1. The van der Waals surface area contributed by atoms with E-state index in [4.69, 9.17) is 11.5 Å². The third kappa shape index (κ3) is 8.56. The fourth-order valence-corrected chi connectivity index (χ4v) is 0.846. The number of urea groups is 1. The quantitative estimate of drug-likeness (QED) is 0.442. The summed E-state index contributed by atoms with van der Waals surface area (Å²) in [6.45, 7) is 0.377. The first kappa shape index (κ1) is 14.0. The van der Waals surface area contributed by atoms with Crippen LogP contribution >= 0.6 is 0 Å². The van der Waals surface area contributed by atoms with Crippen molar-refractivity contribution in [3.8, 4) is 12.3 Å². The Balaban J connectivity index is 3.59. The van der Waals surface area contributed by atoms with Crippen molar-refractivity contribution >= 4 is 17.9 Å². The number of imide groups is 1. The highest BCUT2D eigenvalue weighted by atomic mass is 16.4. The second kappa shape index (κ2) is 8.29. The van der Waals surface area contributed by atoms with Crippen LogP contribution in [-0.2, 0) is 9.59 Å². The van der Waals surface area contributed by atoms with Gasteiger partial charge in [0, 0.05) is 19.4 Å². The summed E-state index contributed by atoms with van der Waals surface area (Å²) >= 11 is 0. The van der Waals surface area contributed by atoms with Gasteiger partial charge in [0.15, 0.2) is 0 Å². The van der Waals surface area contributed by atoms with Crippen molar-refractivity contribution in [3.05, 3.63) is 0 Å². The Kier molecular flexibility index (Phi) is 7.24. The summed E-state index contributed by atoms with van der Waals surface area (Å²) in [5, 5.41) is 12.7. The van der Waals surface area contributed by atoms with E-state index in [1.807, 2.05) is 5.32 Å². The number of nitrogens with one attached hydrogen (secondary N) is 2. The number of hydrogen-bond acceptors (Lipinski definition) is 3. The van der Waals surface area contributed by atoms with Gasteiger partial charge in [-0.05, 0) is 6.42 Å². The average molecular weight is 226 g/mol. The molecule has 0 saturated heterocycles. The van der Waals surface area contributed by atoms with Crippen molar-refractivity contribution in [2.75, 3.05) is 6.54 Å². The molecule has 0 saturated carbocycles. The number of aliphatic carboxylic acids is 1. The SMILES string of the molecule is C#CCCCNC(=O)NC(=O)CCC(=O)O. The van der Waals surface area contributed by atoms with E-state index >= 15 is 0 Å². The predicted molar refractivity (Wildman–Crippen MR) is 56.5 cm³/mol. The van der Waals surface area contributed by atoms with Crippen molar-refractivity contribution in [2.45, 2.75) is 25.7 Å². The lowest BCUT2D eigenvalue weighted by Crippen LogP contribution is -2.39. The van der Waals surface area contributed by atoms with Crippen LogP contribution in [-0.4, -0.2) is 29.6 Å². The van der Waals surface area contributed by atoms with Gasteiger partial charge in [-0.25, -0.2) is 4.79 Å². The lowest BCUT2D eigenvalue weighted by molar-refractivity contribution is -0.138. The van der Waals surface area contributed by atoms with Crippen molar-refractivity contribution < 1.29 is 19.5 Å². The van der Waals surface area contributed by atoms with Gasteiger partial charge in [-0.15, -0.1) is 12.3 Å². The molecule has 0 aromatic rings. The molecule has 0 radical (unpaired) electrons. The lowest BCUT2D eigenvalue weighted by atomic mass is 10.3. The van der Waals surface area contributed by atoms with Crippen LogP contribution in [0, 0.1) is 12.3 Å². The van der Waals surface area contributed by atoms with Crippen LogP contribution < -0.4 is 10.6 Å². The monoisotopic (exact) mass is 226 g/mol. The topological polar surface area (TPSA) is 95.5 Å². The predicted octanol–water partition coefficient (Wildman–Crippen LogP) is 0.0904. The maximum absolute atomic E-state index is 11.0. The second-order valence-corrected chi connectivity index (χ2v) is 3.01. The Bertz CT molecular complexity index is 306. The molecule has 88 valence electrons. The highest BCUT2D eigenvalue weighted by Gasteiger charge is 2.08. The first-order valence-corrected chi connectivity index (χ1v) is 4.79. The molecule has 3 N–H and O–H groups in total. The number of rotatable bonds is 6. The number of carboxylic acids is 1. The van der Waals surface area contributed by atoms with E-state index in [9.17, 15) is 14.4 Å². The molecule has 0 spiro atoms. The number of carbonyl (C=O) groups excluding carboxylic acids is 2. The van der Waals surface area contributed by atoms with Crippen LogP contribution in [0.4, 0.5) is 4.79 Å². The van der Waals surface area contributed by atoms with E-state index in [1.54, 1.807) is 0 Å². The van der Waals surface area contributed by atoms with Crippen molar-refractivity contribution in [3.63, 3.8) is 0 Å². The molecule has 0 aliphatic carbocycles. The maximum atomic E-state index is 11.0. The summed E-state index contributed by atoms with van der Waals surface area (Å²) in [4.78, 5) is 32.1. The highest BCUT2D eigenvalue weighted by Crippen LogP contribution is 1.88. The lowest BCUT2D eigenvalue weighted by Gasteiger charge is -2.04. The van der Waals surface area contributed by atoms with E-state index < -0.39 is 17.9 Å². The third-order valence-corrected chi connectivity index (χ3v) is 1.60. The molecule has 6 nitrogen and oxygen atoms in total. The first-order valence-electron chi connectivity index (χ1n) is 4.79. The average Bonchev–Trinajstić information content (AvgIpc) is 2.21. The number of amides is 3. The normalized spacial score (nSPS) is 8.94. The fourth-order valence-electron chi connectivity index (χ4n) is 0.846. The van der Waals surface area contributed by atoms with Crippen molar-refractivity contribution in [1.29, 1.82) is 0 Å². The van der Waals surface area contributed by atoms with Gasteiger partial charge in [-0.1, -0.05) is 0 Å². The fraction of sp³-hybridized carbons (Fsp3) is 0.500. The molecule has 0 aromatic heterocycles. The minimum absolute atomic E-state index is 0.215. The molecule has 3 amide bonds. The van der Waals surface area contributed by atoms with E-state index in [2.05, 4.69) is 11.2 Å². The maximum Gasteiger partial charge on any atom is 0.321 e. The van der Waals surface area contributed by atoms with Crippen LogP contribution in [0.1, 0.15) is 25.7 Å². The molecule has 0 bridgehead atoms. The van der Waals surface area contributed by atoms with Gasteiger partial charge in [0.25, 0.3) is 0 Å². The number of carbonyl (C=O) groups is 3. The summed E-state index contributed by atoms with van der Waals surface area (Å²) in [7, 11) is 0. The molecule has 6 heteroatoms. The van der Waals surface area contributed by atoms with Gasteiger partial charge in [-0.3, -0.25) is 14.9 Å². The van der Waals surface area contributed by atoms with Crippen LogP contribution in [0.15, 0.2) is 0 Å². The molecular weight excluding hydrogens is 212 g/mol. The van der Waals surface area contributed by atoms with E-state index in [0.29, 0.717) is 19.4 Å². The van der Waals surface area contributed by atoms with Gasteiger partial charge >= 0.3 is 12.0 Å². The van der Waals surface area contributed by atoms with Gasteiger partial charge in [-0.2, -0.15) is 0 Å². The summed E-state index contributed by atoms with van der Waals surface area (Å²) in [5.74, 6) is 0.718. The minimum atomic E-state index is -1.08. The smallest absolute Gasteiger partial charge is 0.321 e. The molecule has 0 aromatic carbocycles. The summed E-state index contributed by atoms with van der Waals surface area (Å²) in [6, 6.07) is -0.632. The van der Waals surface area contributed by atoms with Crippen LogP contribution in [0.2, 0.25) is 0 Å². The Morgan fingerprint density at radius 1 is 1.25 bits per heavy atom. The zero-order valence-electron chi connectivity index (χ0n) is 8.78. The van der Waals surface area contributed by atoms with Crippen LogP contribution in [0.25, 0.3) is 0 Å². The van der Waals surface area contributed by atoms with Crippen molar-refractivity contribution in [1.82, 2.24) is 10.6 Å². The van der Waals surface area contributed by atoms with Gasteiger partial charge in [0.05, 0.1) is 6.42 Å². The standard InChI is InChI=1S/C10H14N2O4/c1-2-3-4-7-11-10(16)12-8(13)5-6-9(14)15/h1H,3-7H2,(H,14,15)(H2,11,12,13,16). The Morgan fingerprint density at radius 2 is 1.94 bits per heavy atom. The molecule has 0 heterocycles. The van der Waals surface area contributed by atoms with Gasteiger partial charge < -0.3 is 10.4 Å². The first-order chi connectivity index (χ1) is 7.56. The zero-order valence-corrected chi connectivity index (χ0v) is 8.78. The molecule has 16 heavy (non-hydrogen) atoms. The number of unbranched alkanes of at least 4 members (excludes halogenated alkanes) is 1. The van der Waals surface area contributed by atoms with E-state index in [0.717, 1.165) is 0 Å². The number of hydrogen-bond donors (Lipinski definition) is 3. The molecule has 0 aliphatic rings. The molecule has 0 unspecified atom stereocenters.